The highest BCUT2D eigenvalue weighted by molar-refractivity contribution is 7.99. The lowest BCUT2D eigenvalue weighted by atomic mass is 10.1. The van der Waals surface area contributed by atoms with Gasteiger partial charge in [-0.1, -0.05) is 30.3 Å². The van der Waals surface area contributed by atoms with Gasteiger partial charge in [0.2, 0.25) is 5.91 Å². The van der Waals surface area contributed by atoms with Crippen molar-refractivity contribution < 1.29 is 14.0 Å². The number of carbonyl (C=O) groups is 2. The van der Waals surface area contributed by atoms with Crippen LogP contribution in [-0.2, 0) is 11.2 Å². The summed E-state index contributed by atoms with van der Waals surface area (Å²) in [6, 6.07) is 14.3. The largest absolute Gasteiger partial charge is 0.354 e. The van der Waals surface area contributed by atoms with E-state index in [9.17, 15) is 14.0 Å². The molecule has 0 aliphatic carbocycles. The van der Waals surface area contributed by atoms with E-state index in [1.54, 1.807) is 23.9 Å². The van der Waals surface area contributed by atoms with Gasteiger partial charge in [0.15, 0.2) is 0 Å². The van der Waals surface area contributed by atoms with Crippen molar-refractivity contribution in [2.24, 2.45) is 5.73 Å². The number of benzene rings is 2. The average Bonchev–Trinajstić information content (AvgIpc) is 2.63. The Morgan fingerprint density at radius 3 is 2.42 bits per heavy atom. The fourth-order valence-corrected chi connectivity index (χ4v) is 3.21. The van der Waals surface area contributed by atoms with Crippen molar-refractivity contribution in [1.82, 2.24) is 10.6 Å². The molecule has 0 heterocycles. The van der Waals surface area contributed by atoms with Crippen LogP contribution in [0.5, 0.6) is 0 Å². The second-order valence-electron chi connectivity index (χ2n) is 5.70. The number of urea groups is 1. The molecule has 4 N–H and O–H groups in total. The Morgan fingerprint density at radius 1 is 1.08 bits per heavy atom. The summed E-state index contributed by atoms with van der Waals surface area (Å²) in [5, 5.41) is 5.31. The van der Waals surface area contributed by atoms with Gasteiger partial charge in [0.25, 0.3) is 0 Å². The summed E-state index contributed by atoms with van der Waals surface area (Å²) in [5.74, 6) is 0.269. The van der Waals surface area contributed by atoms with Gasteiger partial charge in [-0.3, -0.25) is 4.79 Å². The predicted molar refractivity (Wildman–Crippen MR) is 101 cm³/mol. The number of nitrogens with two attached hydrogens (primary N) is 1. The van der Waals surface area contributed by atoms with E-state index in [4.69, 9.17) is 5.73 Å². The summed E-state index contributed by atoms with van der Waals surface area (Å²) < 4.78 is 12.8. The number of hydrogen-bond donors (Lipinski definition) is 3. The number of primary amides is 1. The Bertz CT molecular complexity index is 710. The first-order valence-electron chi connectivity index (χ1n) is 8.30. The van der Waals surface area contributed by atoms with Crippen LogP contribution < -0.4 is 16.4 Å². The summed E-state index contributed by atoms with van der Waals surface area (Å²) in [6.07, 6.45) is 1.13. The Labute approximate surface area is 156 Å². The maximum atomic E-state index is 12.8. The van der Waals surface area contributed by atoms with Gasteiger partial charge in [-0.2, -0.15) is 0 Å². The van der Waals surface area contributed by atoms with Crippen molar-refractivity contribution in [2.45, 2.75) is 23.8 Å². The lowest BCUT2D eigenvalue weighted by molar-refractivity contribution is -0.122. The summed E-state index contributed by atoms with van der Waals surface area (Å²) in [4.78, 5) is 24.5. The molecule has 0 spiro atoms. The normalized spacial score (nSPS) is 11.6. The summed E-state index contributed by atoms with van der Waals surface area (Å²) in [7, 11) is 0. The molecule has 7 heteroatoms. The minimum atomic E-state index is -0.729. The van der Waals surface area contributed by atoms with Crippen molar-refractivity contribution in [3.05, 3.63) is 66.0 Å². The molecule has 0 saturated heterocycles. The monoisotopic (exact) mass is 375 g/mol. The molecule has 0 radical (unpaired) electrons. The van der Waals surface area contributed by atoms with Gasteiger partial charge in [0, 0.05) is 17.9 Å². The third kappa shape index (κ3) is 7.14. The van der Waals surface area contributed by atoms with E-state index < -0.39 is 12.1 Å². The lowest BCUT2D eigenvalue weighted by Gasteiger charge is -2.17. The highest BCUT2D eigenvalue weighted by Crippen LogP contribution is 2.18. The number of halogens is 1. The molecule has 0 aromatic heterocycles. The number of rotatable bonds is 9. The molecule has 0 fully saturated rings. The van der Waals surface area contributed by atoms with E-state index in [-0.39, 0.29) is 11.7 Å². The van der Waals surface area contributed by atoms with Crippen molar-refractivity contribution in [1.29, 1.82) is 0 Å². The van der Waals surface area contributed by atoms with E-state index in [0.717, 1.165) is 22.6 Å². The van der Waals surface area contributed by atoms with Crippen LogP contribution in [0.1, 0.15) is 12.0 Å². The lowest BCUT2D eigenvalue weighted by Crippen LogP contribution is -2.49. The fraction of sp³-hybridized carbons (Fsp3) is 0.263. The van der Waals surface area contributed by atoms with E-state index in [2.05, 4.69) is 10.6 Å². The molecular formula is C19H22FN3O2S. The summed E-state index contributed by atoms with van der Waals surface area (Å²) in [6.45, 7) is 0.485. The molecule has 2 rings (SSSR count). The van der Waals surface area contributed by atoms with Crippen LogP contribution in [0.2, 0.25) is 0 Å². The molecule has 2 aromatic carbocycles. The zero-order valence-electron chi connectivity index (χ0n) is 14.3. The zero-order chi connectivity index (χ0) is 18.8. The zero-order valence-corrected chi connectivity index (χ0v) is 15.1. The van der Waals surface area contributed by atoms with Crippen molar-refractivity contribution in [2.75, 3.05) is 12.3 Å². The van der Waals surface area contributed by atoms with Crippen LogP contribution in [0.4, 0.5) is 9.18 Å². The smallest absolute Gasteiger partial charge is 0.312 e. The molecule has 3 amide bonds. The SMILES string of the molecule is NC(=O)NC(Cc1ccccc1)C(=O)NCCCSc1ccc(F)cc1. The van der Waals surface area contributed by atoms with Crippen LogP contribution in [0, 0.1) is 5.82 Å². The van der Waals surface area contributed by atoms with Gasteiger partial charge in [0.05, 0.1) is 0 Å². The average molecular weight is 375 g/mol. The standard InChI is InChI=1S/C19H22FN3O2S/c20-15-7-9-16(10-8-15)26-12-4-11-22-18(24)17(23-19(21)25)13-14-5-2-1-3-6-14/h1-3,5-10,17H,4,11-13H2,(H,22,24)(H3,21,23,25). The Balaban J connectivity index is 1.75. The number of nitrogens with one attached hydrogen (secondary N) is 2. The molecule has 138 valence electrons. The minimum absolute atomic E-state index is 0.256. The number of thioether (sulfide) groups is 1. The van der Waals surface area contributed by atoms with Crippen molar-refractivity contribution >= 4 is 23.7 Å². The van der Waals surface area contributed by atoms with Crippen LogP contribution >= 0.6 is 11.8 Å². The molecule has 0 saturated carbocycles. The third-order valence-corrected chi connectivity index (χ3v) is 4.72. The van der Waals surface area contributed by atoms with E-state index in [1.165, 1.54) is 12.1 Å². The Hall–Kier alpha value is -2.54. The van der Waals surface area contributed by atoms with Gasteiger partial charge in [0.1, 0.15) is 11.9 Å². The van der Waals surface area contributed by atoms with Gasteiger partial charge in [-0.05, 0) is 42.0 Å². The molecule has 26 heavy (non-hydrogen) atoms. The van der Waals surface area contributed by atoms with E-state index in [0.29, 0.717) is 13.0 Å². The molecule has 2 aromatic rings. The fourth-order valence-electron chi connectivity index (χ4n) is 2.36. The number of amides is 3. The molecule has 0 aliphatic rings. The van der Waals surface area contributed by atoms with Crippen LogP contribution in [0.25, 0.3) is 0 Å². The number of carbonyl (C=O) groups excluding carboxylic acids is 2. The molecular weight excluding hydrogens is 353 g/mol. The maximum absolute atomic E-state index is 12.8. The van der Waals surface area contributed by atoms with Gasteiger partial charge >= 0.3 is 6.03 Å². The topological polar surface area (TPSA) is 84.2 Å². The Kier molecular flexibility index (Phi) is 7.95. The van der Waals surface area contributed by atoms with Crippen LogP contribution in [0.3, 0.4) is 0 Å². The second-order valence-corrected chi connectivity index (χ2v) is 6.87. The van der Waals surface area contributed by atoms with Crippen molar-refractivity contribution in [3.63, 3.8) is 0 Å². The van der Waals surface area contributed by atoms with Crippen molar-refractivity contribution in [3.8, 4) is 0 Å². The van der Waals surface area contributed by atoms with Gasteiger partial charge in [-0.25, -0.2) is 9.18 Å². The van der Waals surface area contributed by atoms with Gasteiger partial charge < -0.3 is 16.4 Å². The maximum Gasteiger partial charge on any atom is 0.312 e. The van der Waals surface area contributed by atoms with E-state index >= 15 is 0 Å². The third-order valence-electron chi connectivity index (χ3n) is 3.62. The molecule has 0 bridgehead atoms. The molecule has 1 unspecified atom stereocenters. The summed E-state index contributed by atoms with van der Waals surface area (Å²) in [5.41, 5.74) is 6.11. The van der Waals surface area contributed by atoms with Crippen LogP contribution in [0.15, 0.2) is 59.5 Å². The van der Waals surface area contributed by atoms with Crippen LogP contribution in [-0.4, -0.2) is 30.3 Å². The second kappa shape index (κ2) is 10.5. The first kappa shape index (κ1) is 19.8. The van der Waals surface area contributed by atoms with Gasteiger partial charge in [-0.15, -0.1) is 11.8 Å². The predicted octanol–water partition coefficient (Wildman–Crippen LogP) is 2.70. The highest BCUT2D eigenvalue weighted by atomic mass is 32.2. The minimum Gasteiger partial charge on any atom is -0.354 e. The first-order valence-corrected chi connectivity index (χ1v) is 9.29. The first-order chi connectivity index (χ1) is 12.5. The summed E-state index contributed by atoms with van der Waals surface area (Å²) >= 11 is 1.59. The van der Waals surface area contributed by atoms with E-state index in [1.807, 2.05) is 30.3 Å². The highest BCUT2D eigenvalue weighted by Gasteiger charge is 2.19. The number of hydrogen-bond acceptors (Lipinski definition) is 3. The molecule has 1 atom stereocenters. The Morgan fingerprint density at radius 2 is 1.77 bits per heavy atom. The quantitative estimate of drug-likeness (QED) is 0.465. The molecule has 0 aliphatic heterocycles. The molecule has 5 nitrogen and oxygen atoms in total.